The summed E-state index contributed by atoms with van der Waals surface area (Å²) in [5.74, 6) is 6.42. The number of fused-ring (bicyclic) bond motifs is 1. The average molecular weight is 443 g/mol. The van der Waals surface area contributed by atoms with Gasteiger partial charge in [-0.2, -0.15) is 4.31 Å². The van der Waals surface area contributed by atoms with Gasteiger partial charge < -0.3 is 14.7 Å². The summed E-state index contributed by atoms with van der Waals surface area (Å²) in [5, 5.41) is 9.69. The molecule has 0 aromatic heterocycles. The number of aliphatic hydroxyl groups excluding tert-OH is 1. The Morgan fingerprint density at radius 3 is 2.48 bits per heavy atom. The zero-order valence-corrected chi connectivity index (χ0v) is 19.3. The van der Waals surface area contributed by atoms with E-state index in [0.717, 1.165) is 5.56 Å². The second-order valence-corrected chi connectivity index (χ2v) is 10.1. The molecule has 0 radical (unpaired) electrons. The summed E-state index contributed by atoms with van der Waals surface area (Å²) in [4.78, 5) is 2.13. The van der Waals surface area contributed by atoms with Gasteiger partial charge >= 0.3 is 0 Å². The van der Waals surface area contributed by atoms with E-state index in [1.165, 1.54) is 4.31 Å². The van der Waals surface area contributed by atoms with Gasteiger partial charge in [-0.05, 0) is 51.4 Å². The fourth-order valence-corrected chi connectivity index (χ4v) is 5.37. The second-order valence-electron chi connectivity index (χ2n) is 8.28. The molecule has 2 aromatic rings. The Labute approximate surface area is 185 Å². The third kappa shape index (κ3) is 5.46. The van der Waals surface area contributed by atoms with E-state index in [2.05, 4.69) is 11.8 Å². The van der Waals surface area contributed by atoms with Gasteiger partial charge in [-0.25, -0.2) is 8.42 Å². The van der Waals surface area contributed by atoms with Gasteiger partial charge in [0.15, 0.2) is 0 Å². The minimum atomic E-state index is -3.84. The number of sulfonamides is 1. The van der Waals surface area contributed by atoms with E-state index in [1.54, 1.807) is 25.1 Å². The highest BCUT2D eigenvalue weighted by Crippen LogP contribution is 2.34. The van der Waals surface area contributed by atoms with E-state index in [-0.39, 0.29) is 30.1 Å². The number of hydrogen-bond acceptors (Lipinski definition) is 5. The minimum absolute atomic E-state index is 0.0709. The fourth-order valence-electron chi connectivity index (χ4n) is 3.55. The number of hydrogen-bond donors (Lipinski definition) is 1. The van der Waals surface area contributed by atoms with Crippen LogP contribution in [-0.4, -0.2) is 68.7 Å². The summed E-state index contributed by atoms with van der Waals surface area (Å²) in [6, 6.07) is 14.0. The third-order valence-electron chi connectivity index (χ3n) is 5.34. The smallest absolute Gasteiger partial charge is 0.247 e. The maximum Gasteiger partial charge on any atom is 0.247 e. The number of likely N-dealkylation sites (N-methyl/N-ethyl adjacent to an activating group) is 1. The Bertz CT molecular complexity index is 1060. The lowest BCUT2D eigenvalue weighted by Gasteiger charge is -2.37. The first-order valence-corrected chi connectivity index (χ1v) is 11.8. The van der Waals surface area contributed by atoms with Crippen LogP contribution in [0, 0.1) is 17.8 Å². The predicted octanol–water partition coefficient (Wildman–Crippen LogP) is 2.42. The van der Waals surface area contributed by atoms with Gasteiger partial charge in [0.05, 0.1) is 6.61 Å². The zero-order valence-electron chi connectivity index (χ0n) is 18.4. The molecule has 2 aromatic carbocycles. The van der Waals surface area contributed by atoms with Crippen LogP contribution in [0.4, 0.5) is 0 Å². The van der Waals surface area contributed by atoms with Crippen molar-refractivity contribution in [2.24, 2.45) is 5.92 Å². The predicted molar refractivity (Wildman–Crippen MR) is 121 cm³/mol. The first-order valence-electron chi connectivity index (χ1n) is 10.4. The highest BCUT2D eigenvalue weighted by molar-refractivity contribution is 7.89. The number of aliphatic hydroxyl groups is 1. The Morgan fingerprint density at radius 1 is 1.16 bits per heavy atom. The molecule has 1 N–H and O–H groups in total. The molecule has 0 amide bonds. The van der Waals surface area contributed by atoms with Crippen LogP contribution in [-0.2, 0) is 10.0 Å². The van der Waals surface area contributed by atoms with Gasteiger partial charge in [0.1, 0.15) is 16.7 Å². The summed E-state index contributed by atoms with van der Waals surface area (Å²) < 4.78 is 34.5. The van der Waals surface area contributed by atoms with E-state index in [9.17, 15) is 13.5 Å². The van der Waals surface area contributed by atoms with Crippen LogP contribution in [0.1, 0.15) is 25.0 Å². The largest absolute Gasteiger partial charge is 0.487 e. The molecule has 0 saturated carbocycles. The summed E-state index contributed by atoms with van der Waals surface area (Å²) >= 11 is 0. The van der Waals surface area contributed by atoms with Crippen molar-refractivity contribution in [3.63, 3.8) is 0 Å². The molecule has 0 unspecified atom stereocenters. The normalized spacial score (nSPS) is 21.7. The van der Waals surface area contributed by atoms with Gasteiger partial charge in [-0.1, -0.05) is 37.0 Å². The second kappa shape index (κ2) is 9.84. The average Bonchev–Trinajstić information content (AvgIpc) is 2.74. The molecule has 0 bridgehead atoms. The van der Waals surface area contributed by atoms with Crippen LogP contribution in [0.3, 0.4) is 0 Å². The molecule has 1 aliphatic rings. The van der Waals surface area contributed by atoms with Crippen LogP contribution in [0.2, 0.25) is 0 Å². The molecule has 1 heterocycles. The highest BCUT2D eigenvalue weighted by atomic mass is 32.2. The maximum atomic E-state index is 13.4. The molecule has 0 fully saturated rings. The zero-order chi connectivity index (χ0) is 22.6. The van der Waals surface area contributed by atoms with Gasteiger partial charge in [-0.15, -0.1) is 0 Å². The SMILES string of the molecule is C[C@H](CO)N1C[C@H](C)[C@H](CN(C)C)Oc2cc(C#Cc3ccccc3)ccc2S1(=O)=O. The Hall–Kier alpha value is -2.37. The number of nitrogens with zero attached hydrogens (tertiary/aromatic N) is 2. The van der Waals surface area contributed by atoms with Crippen molar-refractivity contribution in [2.75, 3.05) is 33.8 Å². The maximum absolute atomic E-state index is 13.4. The summed E-state index contributed by atoms with van der Waals surface area (Å²) in [6.45, 7) is 4.36. The molecular weight excluding hydrogens is 412 g/mol. The minimum Gasteiger partial charge on any atom is -0.487 e. The quantitative estimate of drug-likeness (QED) is 0.737. The first-order chi connectivity index (χ1) is 14.7. The molecule has 7 heteroatoms. The Morgan fingerprint density at radius 2 is 1.84 bits per heavy atom. The molecule has 0 spiro atoms. The van der Waals surface area contributed by atoms with E-state index < -0.39 is 16.1 Å². The Balaban J connectivity index is 2.08. The van der Waals surface area contributed by atoms with Crippen molar-refractivity contribution in [3.05, 3.63) is 59.7 Å². The molecule has 166 valence electrons. The van der Waals surface area contributed by atoms with E-state index in [1.807, 2.05) is 56.3 Å². The van der Waals surface area contributed by atoms with E-state index >= 15 is 0 Å². The van der Waals surface area contributed by atoms with Crippen molar-refractivity contribution < 1.29 is 18.3 Å². The number of ether oxygens (including phenoxy) is 1. The lowest BCUT2D eigenvalue weighted by Crippen LogP contribution is -2.49. The molecule has 31 heavy (non-hydrogen) atoms. The summed E-state index contributed by atoms with van der Waals surface area (Å²) in [6.07, 6.45) is -0.213. The molecule has 0 aliphatic carbocycles. The lowest BCUT2D eigenvalue weighted by atomic mass is 10.0. The van der Waals surface area contributed by atoms with Crippen LogP contribution in [0.5, 0.6) is 5.75 Å². The van der Waals surface area contributed by atoms with Crippen molar-refractivity contribution in [1.29, 1.82) is 0 Å². The molecule has 1 aliphatic heterocycles. The summed E-state index contributed by atoms with van der Waals surface area (Å²) in [7, 11) is 0.0853. The standard InChI is InChI=1S/C24H30N2O4S/c1-18-15-26(19(2)17-27)31(28,29)24-13-12-21(11-10-20-8-6-5-7-9-20)14-22(24)30-23(18)16-25(3)4/h5-9,12-14,18-19,23,27H,15-17H2,1-4H3/t18-,19+,23-/m0/s1. The molecule has 3 rings (SSSR count). The van der Waals surface area contributed by atoms with Gasteiger partial charge in [-0.3, -0.25) is 0 Å². The third-order valence-corrected chi connectivity index (χ3v) is 7.36. The first kappa shape index (κ1) is 23.3. The van der Waals surface area contributed by atoms with Crippen LogP contribution in [0.15, 0.2) is 53.4 Å². The van der Waals surface area contributed by atoms with Crippen LogP contribution >= 0.6 is 0 Å². The van der Waals surface area contributed by atoms with Gasteiger partial charge in [0.25, 0.3) is 0 Å². The van der Waals surface area contributed by atoms with E-state index in [4.69, 9.17) is 4.74 Å². The van der Waals surface area contributed by atoms with Crippen LogP contribution in [0.25, 0.3) is 0 Å². The van der Waals surface area contributed by atoms with Crippen molar-refractivity contribution in [3.8, 4) is 17.6 Å². The fraction of sp³-hybridized carbons (Fsp3) is 0.417. The van der Waals surface area contributed by atoms with Crippen LogP contribution < -0.4 is 4.74 Å². The van der Waals surface area contributed by atoms with Crippen molar-refractivity contribution >= 4 is 10.0 Å². The molecule has 3 atom stereocenters. The van der Waals surface area contributed by atoms with Crippen molar-refractivity contribution in [2.45, 2.75) is 30.9 Å². The van der Waals surface area contributed by atoms with Crippen molar-refractivity contribution in [1.82, 2.24) is 9.21 Å². The van der Waals surface area contributed by atoms with Gasteiger partial charge in [0, 0.05) is 36.2 Å². The summed E-state index contributed by atoms with van der Waals surface area (Å²) in [5.41, 5.74) is 1.56. The Kier molecular flexibility index (Phi) is 7.39. The molecule has 0 saturated heterocycles. The van der Waals surface area contributed by atoms with E-state index in [0.29, 0.717) is 17.9 Å². The molecule has 6 nitrogen and oxygen atoms in total. The number of rotatable bonds is 4. The number of benzene rings is 2. The monoisotopic (exact) mass is 442 g/mol. The highest BCUT2D eigenvalue weighted by Gasteiger charge is 2.37. The lowest BCUT2D eigenvalue weighted by molar-refractivity contribution is 0.0812. The topological polar surface area (TPSA) is 70.1 Å². The molecular formula is C24H30N2O4S. The van der Waals surface area contributed by atoms with Gasteiger partial charge in [0.2, 0.25) is 10.0 Å².